The summed E-state index contributed by atoms with van der Waals surface area (Å²) in [6.45, 7) is 2.65. The minimum Gasteiger partial charge on any atom is -0.393 e. The second-order valence-corrected chi connectivity index (χ2v) is 5.99. The zero-order valence-corrected chi connectivity index (χ0v) is 14.2. The van der Waals surface area contributed by atoms with Crippen molar-refractivity contribution in [3.63, 3.8) is 0 Å². The normalized spacial score (nSPS) is 13.3. The number of amides is 1. The molecule has 0 fully saturated rings. The number of benzene rings is 2. The van der Waals surface area contributed by atoms with Crippen LogP contribution in [0.25, 0.3) is 0 Å². The van der Waals surface area contributed by atoms with Gasteiger partial charge in [-0.1, -0.05) is 48.5 Å². The standard InChI is InChI=1S/C20H25NO3/c1-15(22)12-18(16-8-4-3-5-9-16)13-21-20(23)19-11-7-6-10-17(19)14-24-2/h3-11,15,18,22H,12-14H2,1-2H3,(H,21,23). The molecule has 1 amide bonds. The summed E-state index contributed by atoms with van der Waals surface area (Å²) in [7, 11) is 1.61. The maximum atomic E-state index is 12.5. The highest BCUT2D eigenvalue weighted by atomic mass is 16.5. The van der Waals surface area contributed by atoms with Crippen molar-refractivity contribution in [2.75, 3.05) is 13.7 Å². The molecule has 0 heterocycles. The molecule has 4 nitrogen and oxygen atoms in total. The van der Waals surface area contributed by atoms with E-state index in [4.69, 9.17) is 4.74 Å². The van der Waals surface area contributed by atoms with Gasteiger partial charge in [-0.2, -0.15) is 0 Å². The van der Waals surface area contributed by atoms with Crippen LogP contribution in [0.3, 0.4) is 0 Å². The summed E-state index contributed by atoms with van der Waals surface area (Å²) in [4.78, 5) is 12.5. The largest absolute Gasteiger partial charge is 0.393 e. The van der Waals surface area contributed by atoms with E-state index in [0.717, 1.165) is 11.1 Å². The number of aliphatic hydroxyl groups excluding tert-OH is 1. The quantitative estimate of drug-likeness (QED) is 0.783. The smallest absolute Gasteiger partial charge is 0.251 e. The van der Waals surface area contributed by atoms with Gasteiger partial charge >= 0.3 is 0 Å². The lowest BCUT2D eigenvalue weighted by atomic mass is 9.93. The van der Waals surface area contributed by atoms with Gasteiger partial charge in [-0.15, -0.1) is 0 Å². The van der Waals surface area contributed by atoms with E-state index in [1.807, 2.05) is 48.5 Å². The van der Waals surface area contributed by atoms with Gasteiger partial charge in [0.2, 0.25) is 0 Å². The molecular weight excluding hydrogens is 302 g/mol. The topological polar surface area (TPSA) is 58.6 Å². The van der Waals surface area contributed by atoms with Gasteiger partial charge in [-0.25, -0.2) is 0 Å². The Morgan fingerprint density at radius 3 is 2.46 bits per heavy atom. The summed E-state index contributed by atoms with van der Waals surface area (Å²) >= 11 is 0. The Labute approximate surface area is 143 Å². The molecule has 0 aliphatic rings. The minimum atomic E-state index is -0.423. The second kappa shape index (κ2) is 9.21. The van der Waals surface area contributed by atoms with E-state index in [-0.39, 0.29) is 11.8 Å². The molecule has 2 unspecified atom stereocenters. The van der Waals surface area contributed by atoms with E-state index in [0.29, 0.717) is 25.1 Å². The molecule has 2 rings (SSSR count). The molecule has 128 valence electrons. The second-order valence-electron chi connectivity index (χ2n) is 5.99. The van der Waals surface area contributed by atoms with Crippen molar-refractivity contribution < 1.29 is 14.6 Å². The number of hydrogen-bond donors (Lipinski definition) is 2. The van der Waals surface area contributed by atoms with Crippen LogP contribution >= 0.6 is 0 Å². The van der Waals surface area contributed by atoms with Crippen LogP contribution in [0.15, 0.2) is 54.6 Å². The number of carbonyl (C=O) groups is 1. The van der Waals surface area contributed by atoms with Crippen LogP contribution in [-0.2, 0) is 11.3 Å². The SMILES string of the molecule is COCc1ccccc1C(=O)NCC(CC(C)O)c1ccccc1. The number of ether oxygens (including phenoxy) is 1. The maximum absolute atomic E-state index is 12.5. The van der Waals surface area contributed by atoms with Gasteiger partial charge in [0.15, 0.2) is 0 Å². The average molecular weight is 327 g/mol. The molecule has 0 bridgehead atoms. The number of methoxy groups -OCH3 is 1. The van der Waals surface area contributed by atoms with Gasteiger partial charge < -0.3 is 15.2 Å². The Bertz CT molecular complexity index is 640. The van der Waals surface area contributed by atoms with Crippen molar-refractivity contribution in [2.24, 2.45) is 0 Å². The average Bonchev–Trinajstić information content (AvgIpc) is 2.59. The van der Waals surface area contributed by atoms with E-state index in [9.17, 15) is 9.90 Å². The van der Waals surface area contributed by atoms with E-state index >= 15 is 0 Å². The molecule has 2 N–H and O–H groups in total. The minimum absolute atomic E-state index is 0.0738. The first-order valence-corrected chi connectivity index (χ1v) is 8.20. The fraction of sp³-hybridized carbons (Fsp3) is 0.350. The first kappa shape index (κ1) is 18.2. The number of carbonyl (C=O) groups excluding carboxylic acids is 1. The van der Waals surface area contributed by atoms with Gasteiger partial charge in [0.1, 0.15) is 0 Å². The van der Waals surface area contributed by atoms with E-state index in [1.54, 1.807) is 20.1 Å². The van der Waals surface area contributed by atoms with Crippen molar-refractivity contribution in [3.05, 3.63) is 71.3 Å². The van der Waals surface area contributed by atoms with Crippen LogP contribution in [0.2, 0.25) is 0 Å². The highest BCUT2D eigenvalue weighted by molar-refractivity contribution is 5.95. The molecule has 2 aromatic rings. The Hall–Kier alpha value is -2.17. The number of aliphatic hydroxyl groups is 1. The lowest BCUT2D eigenvalue weighted by Crippen LogP contribution is -2.30. The van der Waals surface area contributed by atoms with E-state index in [1.165, 1.54) is 0 Å². The van der Waals surface area contributed by atoms with Crippen LogP contribution in [-0.4, -0.2) is 30.8 Å². The third kappa shape index (κ3) is 5.18. The molecule has 0 aliphatic heterocycles. The van der Waals surface area contributed by atoms with Crippen molar-refractivity contribution in [2.45, 2.75) is 32.0 Å². The van der Waals surface area contributed by atoms with Crippen LogP contribution in [0.4, 0.5) is 0 Å². The molecular formula is C20H25NO3. The van der Waals surface area contributed by atoms with Gasteiger partial charge in [0.25, 0.3) is 5.91 Å². The van der Waals surface area contributed by atoms with Crippen LogP contribution in [0.1, 0.15) is 40.7 Å². The molecule has 0 aliphatic carbocycles. The monoisotopic (exact) mass is 327 g/mol. The number of hydrogen-bond acceptors (Lipinski definition) is 3. The molecule has 0 saturated carbocycles. The first-order chi connectivity index (χ1) is 11.6. The third-order valence-corrected chi connectivity index (χ3v) is 3.97. The predicted octanol–water partition coefficient (Wildman–Crippen LogP) is 3.12. The Morgan fingerprint density at radius 2 is 1.79 bits per heavy atom. The molecule has 0 radical (unpaired) electrons. The molecule has 2 atom stereocenters. The van der Waals surface area contributed by atoms with Gasteiger partial charge in [-0.3, -0.25) is 4.79 Å². The molecule has 4 heteroatoms. The number of nitrogens with one attached hydrogen (secondary N) is 1. The molecule has 0 spiro atoms. The Morgan fingerprint density at radius 1 is 1.12 bits per heavy atom. The summed E-state index contributed by atoms with van der Waals surface area (Å²) in [5.74, 6) is -0.0427. The lowest BCUT2D eigenvalue weighted by molar-refractivity contribution is 0.0940. The predicted molar refractivity (Wildman–Crippen MR) is 95.0 cm³/mol. The fourth-order valence-electron chi connectivity index (χ4n) is 2.81. The summed E-state index contributed by atoms with van der Waals surface area (Å²) in [6.07, 6.45) is 0.178. The molecule has 0 aromatic heterocycles. The molecule has 24 heavy (non-hydrogen) atoms. The first-order valence-electron chi connectivity index (χ1n) is 8.20. The number of rotatable bonds is 8. The van der Waals surface area contributed by atoms with Crippen LogP contribution in [0, 0.1) is 0 Å². The lowest BCUT2D eigenvalue weighted by Gasteiger charge is -2.20. The summed E-state index contributed by atoms with van der Waals surface area (Å²) in [6, 6.07) is 17.4. The summed E-state index contributed by atoms with van der Waals surface area (Å²) in [5, 5.41) is 12.7. The highest BCUT2D eigenvalue weighted by Gasteiger charge is 2.17. The van der Waals surface area contributed by atoms with Crippen LogP contribution in [0.5, 0.6) is 0 Å². The highest BCUT2D eigenvalue weighted by Crippen LogP contribution is 2.21. The Balaban J connectivity index is 2.07. The zero-order chi connectivity index (χ0) is 17.4. The van der Waals surface area contributed by atoms with Crippen molar-refractivity contribution in [1.82, 2.24) is 5.32 Å². The zero-order valence-electron chi connectivity index (χ0n) is 14.2. The molecule has 0 saturated heterocycles. The van der Waals surface area contributed by atoms with E-state index < -0.39 is 6.10 Å². The van der Waals surface area contributed by atoms with Crippen LogP contribution < -0.4 is 5.32 Å². The van der Waals surface area contributed by atoms with Gasteiger partial charge in [0, 0.05) is 25.1 Å². The van der Waals surface area contributed by atoms with Crippen molar-refractivity contribution >= 4 is 5.91 Å². The third-order valence-electron chi connectivity index (χ3n) is 3.97. The van der Waals surface area contributed by atoms with E-state index in [2.05, 4.69) is 5.32 Å². The van der Waals surface area contributed by atoms with Gasteiger partial charge in [-0.05, 0) is 30.5 Å². The van der Waals surface area contributed by atoms with Crippen molar-refractivity contribution in [1.29, 1.82) is 0 Å². The summed E-state index contributed by atoms with van der Waals surface area (Å²) in [5.41, 5.74) is 2.61. The maximum Gasteiger partial charge on any atom is 0.251 e. The van der Waals surface area contributed by atoms with Gasteiger partial charge in [0.05, 0.1) is 12.7 Å². The summed E-state index contributed by atoms with van der Waals surface area (Å²) < 4.78 is 5.15. The fourth-order valence-corrected chi connectivity index (χ4v) is 2.81. The molecule has 2 aromatic carbocycles. The Kier molecular flexibility index (Phi) is 6.97. The van der Waals surface area contributed by atoms with Crippen molar-refractivity contribution in [3.8, 4) is 0 Å².